The second-order valence-corrected chi connectivity index (χ2v) is 9.29. The SMILES string of the molecule is O=S(=O)(NC1CC(O)CC(O)C1)c1cc(C(O)Nc2ccc(F)c(Cl)c2)ccc1F. The number of sulfonamides is 1. The van der Waals surface area contributed by atoms with Crippen molar-refractivity contribution >= 4 is 27.3 Å². The molecule has 1 aliphatic carbocycles. The van der Waals surface area contributed by atoms with E-state index in [0.717, 1.165) is 18.2 Å². The normalized spacial score (nSPS) is 23.2. The Kier molecular flexibility index (Phi) is 6.95. The van der Waals surface area contributed by atoms with E-state index in [9.17, 15) is 32.5 Å². The van der Waals surface area contributed by atoms with E-state index in [-0.39, 0.29) is 35.5 Å². The zero-order valence-corrected chi connectivity index (χ0v) is 17.2. The topological polar surface area (TPSA) is 119 Å². The first kappa shape index (κ1) is 22.9. The molecule has 0 aromatic heterocycles. The molecular formula is C19H21ClF2N2O5S. The molecule has 2 aromatic carbocycles. The minimum atomic E-state index is -4.34. The lowest BCUT2D eigenvalue weighted by Gasteiger charge is -2.30. The van der Waals surface area contributed by atoms with E-state index in [2.05, 4.69) is 10.0 Å². The molecule has 0 saturated heterocycles. The van der Waals surface area contributed by atoms with Gasteiger partial charge in [-0.15, -0.1) is 0 Å². The maximum Gasteiger partial charge on any atom is 0.243 e. The number of aliphatic hydroxyl groups is 3. The molecule has 1 aliphatic rings. The predicted molar refractivity (Wildman–Crippen MR) is 106 cm³/mol. The zero-order chi connectivity index (χ0) is 22.1. The van der Waals surface area contributed by atoms with Crippen LogP contribution in [0.3, 0.4) is 0 Å². The Morgan fingerprint density at radius 1 is 1.00 bits per heavy atom. The Labute approximate surface area is 177 Å². The molecule has 0 bridgehead atoms. The van der Waals surface area contributed by atoms with Gasteiger partial charge in [-0.05, 0) is 49.6 Å². The summed E-state index contributed by atoms with van der Waals surface area (Å²) in [5.41, 5.74) is 0.312. The van der Waals surface area contributed by atoms with Crippen LogP contribution in [-0.4, -0.2) is 42.0 Å². The standard InChI is InChI=1S/C19H21ClF2N2O5S/c20-15-8-11(2-4-16(15)21)23-19(27)10-1-3-17(22)18(5-10)30(28,29)24-12-6-13(25)9-14(26)7-12/h1-5,8,12-14,19,23-27H,6-7,9H2. The first-order chi connectivity index (χ1) is 14.0. The van der Waals surface area contributed by atoms with Crippen LogP contribution in [0.1, 0.15) is 31.1 Å². The molecule has 0 heterocycles. The molecule has 1 saturated carbocycles. The van der Waals surface area contributed by atoms with Crippen LogP contribution in [0.15, 0.2) is 41.3 Å². The van der Waals surface area contributed by atoms with Crippen LogP contribution in [0.4, 0.5) is 14.5 Å². The van der Waals surface area contributed by atoms with Gasteiger partial charge in [0, 0.05) is 17.3 Å². The maximum atomic E-state index is 14.3. The average Bonchev–Trinajstić information content (AvgIpc) is 2.63. The van der Waals surface area contributed by atoms with E-state index in [1.165, 1.54) is 18.2 Å². The van der Waals surface area contributed by atoms with E-state index in [1.807, 2.05) is 0 Å². The zero-order valence-electron chi connectivity index (χ0n) is 15.6. The quantitative estimate of drug-likeness (QED) is 0.420. The molecule has 0 amide bonds. The highest BCUT2D eigenvalue weighted by molar-refractivity contribution is 7.89. The number of hydrogen-bond donors (Lipinski definition) is 5. The van der Waals surface area contributed by atoms with E-state index in [0.29, 0.717) is 0 Å². The fraction of sp³-hybridized carbons (Fsp3) is 0.368. The van der Waals surface area contributed by atoms with Gasteiger partial charge in [0.05, 0.1) is 17.2 Å². The molecule has 5 N–H and O–H groups in total. The van der Waals surface area contributed by atoms with Crippen LogP contribution in [0.2, 0.25) is 5.02 Å². The van der Waals surface area contributed by atoms with Crippen LogP contribution in [0.25, 0.3) is 0 Å². The lowest BCUT2D eigenvalue weighted by atomic mass is 9.91. The van der Waals surface area contributed by atoms with Crippen molar-refractivity contribution in [1.29, 1.82) is 0 Å². The smallest absolute Gasteiger partial charge is 0.243 e. The molecule has 0 radical (unpaired) electrons. The van der Waals surface area contributed by atoms with Crippen LogP contribution >= 0.6 is 11.6 Å². The summed E-state index contributed by atoms with van der Waals surface area (Å²) in [5.74, 6) is -1.67. The monoisotopic (exact) mass is 462 g/mol. The summed E-state index contributed by atoms with van der Waals surface area (Å²) in [7, 11) is -4.34. The van der Waals surface area contributed by atoms with Gasteiger partial charge in [0.15, 0.2) is 6.23 Å². The van der Waals surface area contributed by atoms with Crippen molar-refractivity contribution in [1.82, 2.24) is 4.72 Å². The summed E-state index contributed by atoms with van der Waals surface area (Å²) in [5, 5.41) is 32.2. The number of halogens is 3. The van der Waals surface area contributed by atoms with Gasteiger partial charge in [-0.1, -0.05) is 17.7 Å². The molecule has 0 spiro atoms. The van der Waals surface area contributed by atoms with E-state index < -0.39 is 51.0 Å². The Bertz CT molecular complexity index is 1010. The summed E-state index contributed by atoms with van der Waals surface area (Å²) >= 11 is 5.69. The van der Waals surface area contributed by atoms with Gasteiger partial charge in [0.2, 0.25) is 10.0 Å². The Morgan fingerprint density at radius 2 is 1.63 bits per heavy atom. The first-order valence-electron chi connectivity index (χ1n) is 9.12. The maximum absolute atomic E-state index is 14.3. The molecule has 3 unspecified atom stereocenters. The molecule has 7 nitrogen and oxygen atoms in total. The highest BCUT2D eigenvalue weighted by Crippen LogP contribution is 2.26. The van der Waals surface area contributed by atoms with Gasteiger partial charge in [0.1, 0.15) is 16.5 Å². The van der Waals surface area contributed by atoms with Gasteiger partial charge in [-0.2, -0.15) is 0 Å². The van der Waals surface area contributed by atoms with Crippen molar-refractivity contribution < 1.29 is 32.5 Å². The van der Waals surface area contributed by atoms with Gasteiger partial charge >= 0.3 is 0 Å². The third kappa shape index (κ3) is 5.45. The number of hydrogen-bond acceptors (Lipinski definition) is 6. The lowest BCUT2D eigenvalue weighted by molar-refractivity contribution is 0.0292. The fourth-order valence-corrected chi connectivity index (χ4v) is 4.92. The number of aliphatic hydroxyl groups excluding tert-OH is 3. The van der Waals surface area contributed by atoms with Crippen LogP contribution in [-0.2, 0) is 10.0 Å². The van der Waals surface area contributed by atoms with Crippen molar-refractivity contribution in [3.63, 3.8) is 0 Å². The third-order valence-corrected chi connectivity index (χ3v) is 6.59. The molecular weight excluding hydrogens is 442 g/mol. The fourth-order valence-electron chi connectivity index (χ4n) is 3.36. The molecule has 1 fully saturated rings. The largest absolute Gasteiger partial charge is 0.393 e. The summed E-state index contributed by atoms with van der Waals surface area (Å²) in [6.45, 7) is 0. The summed E-state index contributed by atoms with van der Waals surface area (Å²) in [6, 6.07) is 5.96. The van der Waals surface area contributed by atoms with E-state index in [1.54, 1.807) is 0 Å². The number of nitrogens with one attached hydrogen (secondary N) is 2. The van der Waals surface area contributed by atoms with Gasteiger partial charge in [-0.3, -0.25) is 0 Å². The van der Waals surface area contributed by atoms with Crippen molar-refractivity contribution in [3.8, 4) is 0 Å². The average molecular weight is 463 g/mol. The summed E-state index contributed by atoms with van der Waals surface area (Å²) < 4.78 is 55.2. The van der Waals surface area contributed by atoms with E-state index in [4.69, 9.17) is 11.6 Å². The molecule has 11 heteroatoms. The van der Waals surface area contributed by atoms with Crippen LogP contribution in [0.5, 0.6) is 0 Å². The third-order valence-electron chi connectivity index (χ3n) is 4.76. The Balaban J connectivity index is 1.80. The highest BCUT2D eigenvalue weighted by Gasteiger charge is 2.31. The van der Waals surface area contributed by atoms with Gasteiger partial charge in [-0.25, -0.2) is 21.9 Å². The summed E-state index contributed by atoms with van der Waals surface area (Å²) in [6.07, 6.45) is -2.84. The Hall–Kier alpha value is -1.82. The first-order valence-corrected chi connectivity index (χ1v) is 11.0. The number of rotatable bonds is 6. The minimum Gasteiger partial charge on any atom is -0.393 e. The van der Waals surface area contributed by atoms with Crippen molar-refractivity contribution in [3.05, 3.63) is 58.6 Å². The second kappa shape index (κ2) is 9.13. The summed E-state index contributed by atoms with van der Waals surface area (Å²) in [4.78, 5) is -0.687. The number of anilines is 1. The van der Waals surface area contributed by atoms with Gasteiger partial charge < -0.3 is 20.6 Å². The lowest BCUT2D eigenvalue weighted by Crippen LogP contribution is -2.44. The number of benzene rings is 2. The molecule has 164 valence electrons. The molecule has 0 aliphatic heterocycles. The Morgan fingerprint density at radius 3 is 2.27 bits per heavy atom. The molecule has 30 heavy (non-hydrogen) atoms. The van der Waals surface area contributed by atoms with Crippen molar-refractivity contribution in [2.45, 2.75) is 48.6 Å². The van der Waals surface area contributed by atoms with Crippen molar-refractivity contribution in [2.75, 3.05) is 5.32 Å². The molecule has 3 atom stereocenters. The van der Waals surface area contributed by atoms with Gasteiger partial charge in [0.25, 0.3) is 0 Å². The van der Waals surface area contributed by atoms with Crippen LogP contribution < -0.4 is 10.0 Å². The van der Waals surface area contributed by atoms with Crippen molar-refractivity contribution in [2.24, 2.45) is 0 Å². The molecule has 2 aromatic rings. The second-order valence-electron chi connectivity index (χ2n) is 7.20. The predicted octanol–water partition coefficient (Wildman–Crippen LogP) is 2.27. The van der Waals surface area contributed by atoms with Crippen LogP contribution in [0, 0.1) is 11.6 Å². The minimum absolute atomic E-state index is 0.0425. The highest BCUT2D eigenvalue weighted by atomic mass is 35.5. The van der Waals surface area contributed by atoms with E-state index >= 15 is 0 Å². The molecule has 3 rings (SSSR count).